The average molecular weight is 263 g/mol. The van der Waals surface area contributed by atoms with Crippen LogP contribution in [0.3, 0.4) is 0 Å². The molecule has 0 aromatic heterocycles. The lowest BCUT2D eigenvalue weighted by Crippen LogP contribution is -2.33. The quantitative estimate of drug-likeness (QED) is 0.775. The molecule has 3 rings (SSSR count). The zero-order valence-electron chi connectivity index (χ0n) is 11.4. The van der Waals surface area contributed by atoms with E-state index in [0.29, 0.717) is 12.5 Å². The molecule has 1 amide bonds. The van der Waals surface area contributed by atoms with E-state index in [1.54, 1.807) is 4.90 Å². The fraction of sp³-hybridized carbons (Fsp3) is 0.278. The first-order valence-corrected chi connectivity index (χ1v) is 7.00. The summed E-state index contributed by atoms with van der Waals surface area (Å²) in [5.74, 6) is 3.29. The summed E-state index contributed by atoms with van der Waals surface area (Å²) >= 11 is 0. The minimum atomic E-state index is 0.0478. The van der Waals surface area contributed by atoms with Crippen LogP contribution in [0.1, 0.15) is 23.2 Å². The second-order valence-corrected chi connectivity index (χ2v) is 5.36. The second-order valence-electron chi connectivity index (χ2n) is 5.36. The molecular weight excluding hydrogens is 246 g/mol. The van der Waals surface area contributed by atoms with Crippen LogP contribution in [-0.2, 0) is 0 Å². The molecule has 2 heteroatoms. The highest BCUT2D eigenvalue weighted by atomic mass is 16.2. The monoisotopic (exact) mass is 263 g/mol. The Morgan fingerprint density at radius 1 is 1.20 bits per heavy atom. The standard InChI is InChI=1S/C18H17NO/c1-2-12-19(13-14-10-11-14)18(20)17-9-5-7-15-6-3-4-8-16(15)17/h1,3-9,14H,10-13H2. The average Bonchev–Trinajstić information content (AvgIpc) is 3.29. The molecule has 0 bridgehead atoms. The molecule has 1 aliphatic rings. The van der Waals surface area contributed by atoms with Crippen LogP contribution in [-0.4, -0.2) is 23.9 Å². The Bertz CT molecular complexity index is 674. The van der Waals surface area contributed by atoms with Crippen molar-refractivity contribution in [3.63, 3.8) is 0 Å². The molecule has 1 fully saturated rings. The van der Waals surface area contributed by atoms with Crippen LogP contribution in [0.5, 0.6) is 0 Å². The number of hydrogen-bond donors (Lipinski definition) is 0. The maximum Gasteiger partial charge on any atom is 0.255 e. The van der Waals surface area contributed by atoms with Crippen LogP contribution in [0.15, 0.2) is 42.5 Å². The van der Waals surface area contributed by atoms with Gasteiger partial charge in [-0.2, -0.15) is 0 Å². The van der Waals surface area contributed by atoms with Crippen LogP contribution in [0.25, 0.3) is 10.8 Å². The Balaban J connectivity index is 1.95. The first kappa shape index (κ1) is 12.7. The van der Waals surface area contributed by atoms with Gasteiger partial charge in [-0.1, -0.05) is 42.3 Å². The summed E-state index contributed by atoms with van der Waals surface area (Å²) in [4.78, 5) is 14.5. The number of carbonyl (C=O) groups excluding carboxylic acids is 1. The zero-order valence-corrected chi connectivity index (χ0v) is 11.4. The van der Waals surface area contributed by atoms with Gasteiger partial charge in [0.05, 0.1) is 6.54 Å². The maximum atomic E-state index is 12.7. The van der Waals surface area contributed by atoms with Crippen LogP contribution in [0.2, 0.25) is 0 Å². The minimum absolute atomic E-state index is 0.0478. The van der Waals surface area contributed by atoms with E-state index in [9.17, 15) is 4.79 Å². The Kier molecular flexibility index (Phi) is 3.43. The molecule has 0 aliphatic heterocycles. The van der Waals surface area contributed by atoms with E-state index >= 15 is 0 Å². The molecule has 0 heterocycles. The van der Waals surface area contributed by atoms with Gasteiger partial charge in [0.15, 0.2) is 0 Å². The van der Waals surface area contributed by atoms with E-state index in [0.717, 1.165) is 22.9 Å². The summed E-state index contributed by atoms with van der Waals surface area (Å²) in [6.07, 6.45) is 7.83. The molecular formula is C18H17NO. The number of hydrogen-bond acceptors (Lipinski definition) is 1. The largest absolute Gasteiger partial charge is 0.327 e. The number of carbonyl (C=O) groups is 1. The van der Waals surface area contributed by atoms with Crippen molar-refractivity contribution in [1.82, 2.24) is 4.90 Å². The first-order chi connectivity index (χ1) is 9.79. The molecule has 1 saturated carbocycles. The fourth-order valence-electron chi connectivity index (χ4n) is 2.52. The van der Waals surface area contributed by atoms with Crippen LogP contribution in [0.4, 0.5) is 0 Å². The van der Waals surface area contributed by atoms with Gasteiger partial charge in [0, 0.05) is 12.1 Å². The minimum Gasteiger partial charge on any atom is -0.327 e. The van der Waals surface area contributed by atoms with Gasteiger partial charge < -0.3 is 4.90 Å². The van der Waals surface area contributed by atoms with Crippen LogP contribution < -0.4 is 0 Å². The van der Waals surface area contributed by atoms with Crippen LogP contribution in [0, 0.1) is 18.3 Å². The Morgan fingerprint density at radius 3 is 2.70 bits per heavy atom. The van der Waals surface area contributed by atoms with Crippen molar-refractivity contribution in [2.45, 2.75) is 12.8 Å². The topological polar surface area (TPSA) is 20.3 Å². The lowest BCUT2D eigenvalue weighted by atomic mass is 10.0. The van der Waals surface area contributed by atoms with E-state index in [4.69, 9.17) is 6.42 Å². The normalized spacial score (nSPS) is 13.9. The van der Waals surface area contributed by atoms with Gasteiger partial charge in [-0.05, 0) is 35.6 Å². The lowest BCUT2D eigenvalue weighted by molar-refractivity contribution is 0.0772. The fourth-order valence-corrected chi connectivity index (χ4v) is 2.52. The van der Waals surface area contributed by atoms with Gasteiger partial charge in [-0.15, -0.1) is 6.42 Å². The molecule has 0 spiro atoms. The molecule has 100 valence electrons. The number of amides is 1. The molecule has 0 saturated heterocycles. The predicted octanol–water partition coefficient (Wildman–Crippen LogP) is 3.33. The van der Waals surface area contributed by atoms with Crippen molar-refractivity contribution < 1.29 is 4.79 Å². The molecule has 0 atom stereocenters. The Labute approximate surface area is 119 Å². The zero-order chi connectivity index (χ0) is 13.9. The van der Waals surface area contributed by atoms with Crippen molar-refractivity contribution in [3.05, 3.63) is 48.0 Å². The number of fused-ring (bicyclic) bond motifs is 1. The summed E-state index contributed by atoms with van der Waals surface area (Å²) < 4.78 is 0. The van der Waals surface area contributed by atoms with Crippen molar-refractivity contribution in [2.24, 2.45) is 5.92 Å². The number of nitrogens with zero attached hydrogens (tertiary/aromatic N) is 1. The number of rotatable bonds is 4. The summed E-state index contributed by atoms with van der Waals surface area (Å²) in [6, 6.07) is 13.8. The number of terminal acetylenes is 1. The SMILES string of the molecule is C#CCN(CC1CC1)C(=O)c1cccc2ccccc12. The molecule has 0 unspecified atom stereocenters. The highest BCUT2D eigenvalue weighted by molar-refractivity contribution is 6.07. The summed E-state index contributed by atoms with van der Waals surface area (Å²) in [6.45, 7) is 1.17. The van der Waals surface area contributed by atoms with Gasteiger partial charge >= 0.3 is 0 Å². The van der Waals surface area contributed by atoms with E-state index in [-0.39, 0.29) is 5.91 Å². The van der Waals surface area contributed by atoms with E-state index in [1.165, 1.54) is 12.8 Å². The van der Waals surface area contributed by atoms with Gasteiger partial charge in [-0.3, -0.25) is 4.79 Å². The summed E-state index contributed by atoms with van der Waals surface area (Å²) in [5.41, 5.74) is 0.749. The van der Waals surface area contributed by atoms with Crippen molar-refractivity contribution in [2.75, 3.05) is 13.1 Å². The third-order valence-electron chi connectivity index (χ3n) is 3.76. The molecule has 20 heavy (non-hydrogen) atoms. The second kappa shape index (κ2) is 5.38. The van der Waals surface area contributed by atoms with Crippen molar-refractivity contribution in [1.29, 1.82) is 0 Å². The van der Waals surface area contributed by atoms with Crippen LogP contribution >= 0.6 is 0 Å². The van der Waals surface area contributed by atoms with E-state index in [2.05, 4.69) is 5.92 Å². The Hall–Kier alpha value is -2.27. The molecule has 0 radical (unpaired) electrons. The van der Waals surface area contributed by atoms with E-state index in [1.807, 2.05) is 42.5 Å². The Morgan fingerprint density at radius 2 is 1.95 bits per heavy atom. The third-order valence-corrected chi connectivity index (χ3v) is 3.76. The van der Waals surface area contributed by atoms with Gasteiger partial charge in [0.25, 0.3) is 5.91 Å². The summed E-state index contributed by atoms with van der Waals surface area (Å²) in [5, 5.41) is 2.09. The summed E-state index contributed by atoms with van der Waals surface area (Å²) in [7, 11) is 0. The molecule has 0 N–H and O–H groups in total. The number of benzene rings is 2. The first-order valence-electron chi connectivity index (χ1n) is 7.00. The highest BCUT2D eigenvalue weighted by Crippen LogP contribution is 2.30. The van der Waals surface area contributed by atoms with Gasteiger partial charge in [0.1, 0.15) is 0 Å². The molecule has 2 aromatic rings. The van der Waals surface area contributed by atoms with Gasteiger partial charge in [0.2, 0.25) is 0 Å². The predicted molar refractivity (Wildman–Crippen MR) is 81.4 cm³/mol. The molecule has 1 aliphatic carbocycles. The smallest absolute Gasteiger partial charge is 0.255 e. The molecule has 2 nitrogen and oxygen atoms in total. The van der Waals surface area contributed by atoms with Crippen molar-refractivity contribution >= 4 is 16.7 Å². The van der Waals surface area contributed by atoms with E-state index < -0.39 is 0 Å². The maximum absolute atomic E-state index is 12.7. The van der Waals surface area contributed by atoms with Gasteiger partial charge in [-0.25, -0.2) is 0 Å². The molecule has 2 aromatic carbocycles. The highest BCUT2D eigenvalue weighted by Gasteiger charge is 2.27. The van der Waals surface area contributed by atoms with Crippen molar-refractivity contribution in [3.8, 4) is 12.3 Å². The third kappa shape index (κ3) is 2.53. The lowest BCUT2D eigenvalue weighted by Gasteiger charge is -2.21.